The van der Waals surface area contributed by atoms with Crippen molar-refractivity contribution >= 4 is 33.5 Å². The van der Waals surface area contributed by atoms with Gasteiger partial charge in [-0.05, 0) is 24.6 Å². The maximum Gasteiger partial charge on any atom is 0.281 e. The van der Waals surface area contributed by atoms with E-state index in [1.165, 1.54) is 11.3 Å². The fourth-order valence-electron chi connectivity index (χ4n) is 4.03. The second kappa shape index (κ2) is 8.14. The minimum Gasteiger partial charge on any atom is -0.492 e. The molecule has 2 amide bonds. The van der Waals surface area contributed by atoms with Gasteiger partial charge in [0.15, 0.2) is 5.65 Å². The lowest BCUT2D eigenvalue weighted by Crippen LogP contribution is -2.39. The highest BCUT2D eigenvalue weighted by molar-refractivity contribution is 7.20. The Labute approximate surface area is 183 Å². The third-order valence-electron chi connectivity index (χ3n) is 5.67. The molecule has 4 heterocycles. The number of amides is 2. The number of benzene rings is 1. The Balaban J connectivity index is 1.29. The number of rotatable bonds is 3. The lowest BCUT2D eigenvalue weighted by Gasteiger charge is -2.24. The summed E-state index contributed by atoms with van der Waals surface area (Å²) in [7, 11) is 0. The average Bonchev–Trinajstić information content (AvgIpc) is 3.27. The van der Waals surface area contributed by atoms with Crippen molar-refractivity contribution < 1.29 is 19.1 Å². The molecule has 1 atom stereocenters. The summed E-state index contributed by atoms with van der Waals surface area (Å²) in [5.41, 5.74) is 1.53. The number of pyridine rings is 1. The van der Waals surface area contributed by atoms with Crippen LogP contribution in [0.25, 0.3) is 10.3 Å². The van der Waals surface area contributed by atoms with Crippen molar-refractivity contribution in [3.8, 4) is 16.7 Å². The number of hydrogen-bond acceptors (Lipinski definition) is 7. The molecule has 0 N–H and O–H groups in total. The molecule has 1 fully saturated rings. The topological polar surface area (TPSA) is 84.9 Å². The smallest absolute Gasteiger partial charge is 0.281 e. The predicted molar refractivity (Wildman–Crippen MR) is 116 cm³/mol. The van der Waals surface area contributed by atoms with Gasteiger partial charge in [0.2, 0.25) is 11.8 Å². The highest BCUT2D eigenvalue weighted by Gasteiger charge is 2.34. The van der Waals surface area contributed by atoms with Crippen LogP contribution in [0.4, 0.5) is 0 Å². The van der Waals surface area contributed by atoms with Gasteiger partial charge >= 0.3 is 0 Å². The first-order valence-electron chi connectivity index (χ1n) is 10.3. The quantitative estimate of drug-likeness (QED) is 0.625. The first-order valence-corrected chi connectivity index (χ1v) is 11.1. The van der Waals surface area contributed by atoms with E-state index < -0.39 is 0 Å². The van der Waals surface area contributed by atoms with E-state index in [1.807, 2.05) is 35.2 Å². The SMILES string of the molecule is CC(=O)N1CCCN(C(=O)C2COc3cc(Oc4nc5ncccc5s4)ccc32)CC1. The average molecular weight is 439 g/mol. The Hall–Kier alpha value is -3.20. The van der Waals surface area contributed by atoms with Crippen LogP contribution in [-0.4, -0.2) is 64.4 Å². The van der Waals surface area contributed by atoms with Gasteiger partial charge in [0, 0.05) is 50.9 Å². The number of carbonyl (C=O) groups excluding carboxylic acids is 2. The van der Waals surface area contributed by atoms with Crippen LogP contribution in [-0.2, 0) is 9.59 Å². The molecule has 5 rings (SSSR count). The number of aromatic nitrogens is 2. The summed E-state index contributed by atoms with van der Waals surface area (Å²) < 4.78 is 12.7. The van der Waals surface area contributed by atoms with Crippen LogP contribution in [0.2, 0.25) is 0 Å². The summed E-state index contributed by atoms with van der Waals surface area (Å²) in [6.07, 6.45) is 2.49. The zero-order valence-electron chi connectivity index (χ0n) is 17.1. The lowest BCUT2D eigenvalue weighted by atomic mass is 9.99. The summed E-state index contributed by atoms with van der Waals surface area (Å²) in [6.45, 7) is 4.36. The fraction of sp³-hybridized carbons (Fsp3) is 0.364. The zero-order valence-corrected chi connectivity index (χ0v) is 17.9. The molecular formula is C22H22N4O4S. The minimum absolute atomic E-state index is 0.0510. The molecule has 1 saturated heterocycles. The van der Waals surface area contributed by atoms with Gasteiger partial charge in [0.25, 0.3) is 5.19 Å². The van der Waals surface area contributed by atoms with Gasteiger partial charge in [-0.2, -0.15) is 4.98 Å². The van der Waals surface area contributed by atoms with Crippen molar-refractivity contribution in [3.05, 3.63) is 42.1 Å². The Morgan fingerprint density at radius 1 is 1.16 bits per heavy atom. The molecule has 160 valence electrons. The Morgan fingerprint density at radius 3 is 2.84 bits per heavy atom. The molecule has 8 nitrogen and oxygen atoms in total. The Kier molecular flexibility index (Phi) is 5.19. The van der Waals surface area contributed by atoms with E-state index >= 15 is 0 Å². The van der Waals surface area contributed by atoms with Crippen LogP contribution in [0.15, 0.2) is 36.5 Å². The molecule has 9 heteroatoms. The first-order chi connectivity index (χ1) is 15.1. The molecule has 0 aliphatic carbocycles. The van der Waals surface area contributed by atoms with E-state index in [0.29, 0.717) is 55.1 Å². The molecule has 3 aromatic rings. The van der Waals surface area contributed by atoms with Crippen molar-refractivity contribution in [2.24, 2.45) is 0 Å². The molecule has 2 aliphatic rings. The molecule has 0 radical (unpaired) electrons. The van der Waals surface area contributed by atoms with Gasteiger partial charge in [-0.1, -0.05) is 17.4 Å². The largest absolute Gasteiger partial charge is 0.492 e. The third kappa shape index (κ3) is 3.93. The first kappa shape index (κ1) is 19.7. The van der Waals surface area contributed by atoms with Crippen LogP contribution in [0.3, 0.4) is 0 Å². The summed E-state index contributed by atoms with van der Waals surface area (Å²) in [5.74, 6) is 1.04. The monoisotopic (exact) mass is 438 g/mol. The van der Waals surface area contributed by atoms with Crippen LogP contribution in [0, 0.1) is 0 Å². The number of fused-ring (bicyclic) bond motifs is 2. The number of hydrogen-bond donors (Lipinski definition) is 0. The van der Waals surface area contributed by atoms with Crippen LogP contribution in [0.1, 0.15) is 24.8 Å². The Bertz CT molecular complexity index is 1110. The lowest BCUT2D eigenvalue weighted by molar-refractivity contribution is -0.134. The standard InChI is InChI=1S/C22H22N4O4S/c1-14(27)25-8-3-9-26(11-10-25)21(28)17-13-29-18-12-15(5-6-16(17)18)30-22-24-20-19(31-22)4-2-7-23-20/h2,4-7,12,17H,3,8-11,13H2,1H3. The molecule has 1 aromatic carbocycles. The van der Waals surface area contributed by atoms with E-state index in [4.69, 9.17) is 9.47 Å². The van der Waals surface area contributed by atoms with Gasteiger partial charge in [-0.3, -0.25) is 9.59 Å². The number of ether oxygens (including phenoxy) is 2. The minimum atomic E-state index is -0.334. The highest BCUT2D eigenvalue weighted by Crippen LogP contribution is 2.39. The summed E-state index contributed by atoms with van der Waals surface area (Å²) >= 11 is 1.43. The van der Waals surface area contributed by atoms with Gasteiger partial charge in [0.1, 0.15) is 24.0 Å². The van der Waals surface area contributed by atoms with Crippen LogP contribution >= 0.6 is 11.3 Å². The van der Waals surface area contributed by atoms with Gasteiger partial charge in [-0.25, -0.2) is 4.98 Å². The zero-order chi connectivity index (χ0) is 21.4. The molecule has 31 heavy (non-hydrogen) atoms. The summed E-state index contributed by atoms with van der Waals surface area (Å²) in [5, 5.41) is 0.513. The molecule has 0 saturated carbocycles. The van der Waals surface area contributed by atoms with Crippen molar-refractivity contribution in [3.63, 3.8) is 0 Å². The number of nitrogens with zero attached hydrogens (tertiary/aromatic N) is 4. The molecule has 0 spiro atoms. The maximum absolute atomic E-state index is 13.2. The predicted octanol–water partition coefficient (Wildman–Crippen LogP) is 3.04. The second-order valence-electron chi connectivity index (χ2n) is 7.66. The molecular weight excluding hydrogens is 416 g/mol. The van der Waals surface area contributed by atoms with Crippen molar-refractivity contribution in [2.75, 3.05) is 32.8 Å². The van der Waals surface area contributed by atoms with E-state index in [9.17, 15) is 9.59 Å². The number of carbonyl (C=O) groups is 2. The maximum atomic E-state index is 13.2. The van der Waals surface area contributed by atoms with E-state index in [2.05, 4.69) is 9.97 Å². The van der Waals surface area contributed by atoms with Crippen molar-refractivity contribution in [1.29, 1.82) is 0 Å². The highest BCUT2D eigenvalue weighted by atomic mass is 32.1. The van der Waals surface area contributed by atoms with E-state index in [-0.39, 0.29) is 17.7 Å². The second-order valence-corrected chi connectivity index (χ2v) is 8.65. The van der Waals surface area contributed by atoms with Gasteiger partial charge in [-0.15, -0.1) is 0 Å². The summed E-state index contributed by atoms with van der Waals surface area (Å²) in [6, 6.07) is 9.36. The van der Waals surface area contributed by atoms with Crippen molar-refractivity contribution in [2.45, 2.75) is 19.3 Å². The van der Waals surface area contributed by atoms with Crippen molar-refractivity contribution in [1.82, 2.24) is 19.8 Å². The fourth-order valence-corrected chi connectivity index (χ4v) is 4.82. The molecule has 0 bridgehead atoms. The van der Waals surface area contributed by atoms with Gasteiger partial charge < -0.3 is 19.3 Å². The molecule has 2 aliphatic heterocycles. The van der Waals surface area contributed by atoms with Gasteiger partial charge in [0.05, 0.1) is 4.70 Å². The number of thiazole rings is 1. The van der Waals surface area contributed by atoms with E-state index in [1.54, 1.807) is 18.0 Å². The molecule has 2 aromatic heterocycles. The Morgan fingerprint density at radius 2 is 2.00 bits per heavy atom. The normalized spacial score (nSPS) is 18.4. The van der Waals surface area contributed by atoms with Crippen LogP contribution < -0.4 is 9.47 Å². The summed E-state index contributed by atoms with van der Waals surface area (Å²) in [4.78, 5) is 37.1. The molecule has 1 unspecified atom stereocenters. The van der Waals surface area contributed by atoms with E-state index in [0.717, 1.165) is 16.7 Å². The third-order valence-corrected chi connectivity index (χ3v) is 6.56. The van der Waals surface area contributed by atoms with Crippen LogP contribution in [0.5, 0.6) is 16.7 Å².